The third-order valence-electron chi connectivity index (χ3n) is 4.75. The number of aromatic nitrogens is 1. The SMILES string of the molecule is Cc1ccccc1Cn1cc(CNCCCN(C)C)c2ccccc21. The van der Waals surface area contributed by atoms with Crippen molar-refractivity contribution in [3.05, 3.63) is 71.4 Å². The van der Waals surface area contributed by atoms with Gasteiger partial charge in [-0.05, 0) is 63.3 Å². The number of hydrogen-bond donors (Lipinski definition) is 1. The van der Waals surface area contributed by atoms with Crippen LogP contribution in [0.3, 0.4) is 0 Å². The minimum atomic E-state index is 0.924. The van der Waals surface area contributed by atoms with Crippen LogP contribution in [0.1, 0.15) is 23.1 Å². The number of benzene rings is 2. The highest BCUT2D eigenvalue weighted by atomic mass is 15.1. The summed E-state index contributed by atoms with van der Waals surface area (Å²) in [5, 5.41) is 4.96. The van der Waals surface area contributed by atoms with E-state index in [4.69, 9.17) is 0 Å². The third-order valence-corrected chi connectivity index (χ3v) is 4.75. The van der Waals surface area contributed by atoms with Crippen LogP contribution in [0.15, 0.2) is 54.7 Å². The second-order valence-corrected chi connectivity index (χ2v) is 7.06. The molecule has 0 saturated heterocycles. The molecule has 0 fully saturated rings. The first-order valence-corrected chi connectivity index (χ1v) is 9.12. The van der Waals surface area contributed by atoms with E-state index in [9.17, 15) is 0 Å². The monoisotopic (exact) mass is 335 g/mol. The topological polar surface area (TPSA) is 20.2 Å². The van der Waals surface area contributed by atoms with Crippen LogP contribution in [0, 0.1) is 6.92 Å². The first-order valence-electron chi connectivity index (χ1n) is 9.12. The summed E-state index contributed by atoms with van der Waals surface area (Å²) >= 11 is 0. The van der Waals surface area contributed by atoms with E-state index in [2.05, 4.69) is 90.5 Å². The highest BCUT2D eigenvalue weighted by Gasteiger charge is 2.09. The van der Waals surface area contributed by atoms with Crippen LogP contribution >= 0.6 is 0 Å². The molecule has 3 heteroatoms. The van der Waals surface area contributed by atoms with Crippen molar-refractivity contribution in [3.8, 4) is 0 Å². The second kappa shape index (κ2) is 8.32. The summed E-state index contributed by atoms with van der Waals surface area (Å²) in [6.07, 6.45) is 3.49. The van der Waals surface area contributed by atoms with Crippen LogP contribution < -0.4 is 5.32 Å². The molecule has 0 saturated carbocycles. The lowest BCUT2D eigenvalue weighted by Crippen LogP contribution is -2.20. The highest BCUT2D eigenvalue weighted by molar-refractivity contribution is 5.84. The lowest BCUT2D eigenvalue weighted by Gasteiger charge is -2.09. The van der Waals surface area contributed by atoms with Crippen LogP contribution in [-0.4, -0.2) is 36.7 Å². The van der Waals surface area contributed by atoms with Crippen molar-refractivity contribution in [2.45, 2.75) is 26.4 Å². The molecule has 0 aliphatic heterocycles. The molecule has 2 aromatic carbocycles. The summed E-state index contributed by atoms with van der Waals surface area (Å²) in [5.41, 5.74) is 5.43. The van der Waals surface area contributed by atoms with Crippen LogP contribution in [-0.2, 0) is 13.1 Å². The minimum absolute atomic E-state index is 0.924. The van der Waals surface area contributed by atoms with Gasteiger partial charge in [-0.1, -0.05) is 42.5 Å². The van der Waals surface area contributed by atoms with Gasteiger partial charge < -0.3 is 14.8 Å². The van der Waals surface area contributed by atoms with Crippen molar-refractivity contribution in [2.75, 3.05) is 27.2 Å². The molecule has 1 aromatic heterocycles. The standard InChI is InChI=1S/C22H29N3/c1-18-9-4-5-10-19(18)16-25-17-20(15-23-13-8-14-24(2)3)21-11-6-7-12-22(21)25/h4-7,9-12,17,23H,8,13-16H2,1-3H3. The van der Waals surface area contributed by atoms with E-state index in [1.165, 1.54) is 34.0 Å². The molecule has 25 heavy (non-hydrogen) atoms. The molecule has 0 aliphatic carbocycles. The summed E-state index contributed by atoms with van der Waals surface area (Å²) in [4.78, 5) is 2.23. The lowest BCUT2D eigenvalue weighted by molar-refractivity contribution is 0.394. The summed E-state index contributed by atoms with van der Waals surface area (Å²) in [6, 6.07) is 17.4. The fourth-order valence-corrected chi connectivity index (χ4v) is 3.31. The normalized spacial score (nSPS) is 11.5. The molecule has 0 spiro atoms. The van der Waals surface area contributed by atoms with E-state index < -0.39 is 0 Å². The van der Waals surface area contributed by atoms with Gasteiger partial charge in [0.25, 0.3) is 0 Å². The van der Waals surface area contributed by atoms with Gasteiger partial charge in [0.15, 0.2) is 0 Å². The molecule has 132 valence electrons. The van der Waals surface area contributed by atoms with E-state index in [0.29, 0.717) is 0 Å². The number of para-hydroxylation sites is 1. The number of hydrogen-bond acceptors (Lipinski definition) is 2. The second-order valence-electron chi connectivity index (χ2n) is 7.06. The lowest BCUT2D eigenvalue weighted by atomic mass is 10.1. The van der Waals surface area contributed by atoms with Crippen LogP contribution in [0.4, 0.5) is 0 Å². The van der Waals surface area contributed by atoms with Gasteiger partial charge in [-0.2, -0.15) is 0 Å². The van der Waals surface area contributed by atoms with E-state index in [1.54, 1.807) is 0 Å². The molecule has 1 N–H and O–H groups in total. The van der Waals surface area contributed by atoms with Crippen LogP contribution in [0.2, 0.25) is 0 Å². The number of rotatable bonds is 8. The average Bonchev–Trinajstić information content (AvgIpc) is 2.94. The molecule has 0 unspecified atom stereocenters. The van der Waals surface area contributed by atoms with Crippen molar-refractivity contribution < 1.29 is 0 Å². The maximum Gasteiger partial charge on any atom is 0.0486 e. The van der Waals surface area contributed by atoms with Crippen molar-refractivity contribution in [3.63, 3.8) is 0 Å². The van der Waals surface area contributed by atoms with E-state index in [0.717, 1.165) is 26.2 Å². The maximum absolute atomic E-state index is 3.60. The number of nitrogens with one attached hydrogen (secondary N) is 1. The fourth-order valence-electron chi connectivity index (χ4n) is 3.31. The first kappa shape index (κ1) is 17.7. The zero-order valence-electron chi connectivity index (χ0n) is 15.6. The summed E-state index contributed by atoms with van der Waals surface area (Å²) in [6.45, 7) is 6.22. The Morgan fingerprint density at radius 1 is 0.960 bits per heavy atom. The van der Waals surface area contributed by atoms with E-state index in [1.807, 2.05) is 0 Å². The Labute approximate surface area is 151 Å². The van der Waals surface area contributed by atoms with Gasteiger partial charge in [-0.15, -0.1) is 0 Å². The van der Waals surface area contributed by atoms with Crippen molar-refractivity contribution in [2.24, 2.45) is 0 Å². The average molecular weight is 335 g/mol. The van der Waals surface area contributed by atoms with Crippen molar-refractivity contribution in [1.29, 1.82) is 0 Å². The molecule has 3 nitrogen and oxygen atoms in total. The molecule has 0 amide bonds. The molecule has 0 radical (unpaired) electrons. The van der Waals surface area contributed by atoms with Gasteiger partial charge in [-0.25, -0.2) is 0 Å². The largest absolute Gasteiger partial charge is 0.343 e. The molecule has 0 bridgehead atoms. The fraction of sp³-hybridized carbons (Fsp3) is 0.364. The molecule has 0 aliphatic rings. The molecule has 3 rings (SSSR count). The van der Waals surface area contributed by atoms with E-state index >= 15 is 0 Å². The van der Waals surface area contributed by atoms with Gasteiger partial charge >= 0.3 is 0 Å². The Balaban J connectivity index is 1.75. The Bertz CT molecular complexity index is 817. The van der Waals surface area contributed by atoms with E-state index in [-0.39, 0.29) is 0 Å². The number of aryl methyl sites for hydroxylation is 1. The van der Waals surface area contributed by atoms with Crippen molar-refractivity contribution in [1.82, 2.24) is 14.8 Å². The van der Waals surface area contributed by atoms with Gasteiger partial charge in [-0.3, -0.25) is 0 Å². The van der Waals surface area contributed by atoms with Gasteiger partial charge in [0, 0.05) is 30.2 Å². The predicted molar refractivity (Wildman–Crippen MR) is 107 cm³/mol. The Hall–Kier alpha value is -2.10. The Morgan fingerprint density at radius 2 is 1.72 bits per heavy atom. The van der Waals surface area contributed by atoms with Crippen LogP contribution in [0.25, 0.3) is 10.9 Å². The summed E-state index contributed by atoms with van der Waals surface area (Å²) < 4.78 is 2.38. The zero-order chi connectivity index (χ0) is 17.6. The van der Waals surface area contributed by atoms with Gasteiger partial charge in [0.2, 0.25) is 0 Å². The molecule has 3 aromatic rings. The summed E-state index contributed by atoms with van der Waals surface area (Å²) in [7, 11) is 4.25. The van der Waals surface area contributed by atoms with Crippen LogP contribution in [0.5, 0.6) is 0 Å². The van der Waals surface area contributed by atoms with Crippen molar-refractivity contribution >= 4 is 10.9 Å². The molecular weight excluding hydrogens is 306 g/mol. The zero-order valence-corrected chi connectivity index (χ0v) is 15.6. The van der Waals surface area contributed by atoms with Gasteiger partial charge in [0.05, 0.1) is 0 Å². The minimum Gasteiger partial charge on any atom is -0.343 e. The molecular formula is C22H29N3. The predicted octanol–water partition coefficient (Wildman–Crippen LogP) is 4.04. The summed E-state index contributed by atoms with van der Waals surface area (Å²) in [5.74, 6) is 0. The number of nitrogens with zero attached hydrogens (tertiary/aromatic N) is 2. The molecule has 0 atom stereocenters. The Morgan fingerprint density at radius 3 is 2.52 bits per heavy atom. The van der Waals surface area contributed by atoms with Gasteiger partial charge in [0.1, 0.15) is 0 Å². The third kappa shape index (κ3) is 4.50. The molecule has 1 heterocycles. The highest BCUT2D eigenvalue weighted by Crippen LogP contribution is 2.23. The number of fused-ring (bicyclic) bond motifs is 1. The maximum atomic E-state index is 3.60. The smallest absolute Gasteiger partial charge is 0.0486 e. The quantitative estimate of drug-likeness (QED) is 0.627. The Kier molecular flexibility index (Phi) is 5.90. The first-order chi connectivity index (χ1) is 12.1.